The van der Waals surface area contributed by atoms with Crippen molar-refractivity contribution >= 4 is 60.1 Å². The van der Waals surface area contributed by atoms with Crippen LogP contribution in [0.5, 0.6) is 0 Å². The lowest BCUT2D eigenvalue weighted by Gasteiger charge is -2.08. The molecule has 6 rings (SSSR count). The molecule has 0 saturated carbocycles. The van der Waals surface area contributed by atoms with Gasteiger partial charge in [0.1, 0.15) is 15.8 Å². The van der Waals surface area contributed by atoms with Gasteiger partial charge >= 0.3 is 5.97 Å². The number of rotatable bonds is 4. The van der Waals surface area contributed by atoms with Crippen molar-refractivity contribution in [2.45, 2.75) is 17.7 Å². The summed E-state index contributed by atoms with van der Waals surface area (Å²) in [5, 5.41) is 16.0. The first-order valence-corrected chi connectivity index (χ1v) is 15.5. The number of carboxylic acids is 1. The molecule has 2 aromatic heterocycles. The lowest BCUT2D eigenvalue weighted by molar-refractivity contribution is 0.0696. The van der Waals surface area contributed by atoms with Crippen LogP contribution in [0.3, 0.4) is 0 Å². The topological polar surface area (TPSA) is 176 Å². The van der Waals surface area contributed by atoms with E-state index in [0.717, 1.165) is 11.3 Å². The Labute approximate surface area is 257 Å². The van der Waals surface area contributed by atoms with Crippen molar-refractivity contribution in [3.63, 3.8) is 0 Å². The van der Waals surface area contributed by atoms with Gasteiger partial charge in [0.05, 0.1) is 27.0 Å². The summed E-state index contributed by atoms with van der Waals surface area (Å²) in [5.74, 6) is -3.25. The quantitative estimate of drug-likeness (QED) is 0.161. The molecule has 1 atom stereocenters. The molecule has 13 heteroatoms. The van der Waals surface area contributed by atoms with Gasteiger partial charge in [-0.3, -0.25) is 19.1 Å². The highest BCUT2D eigenvalue weighted by Crippen LogP contribution is 2.38. The normalized spacial score (nSPS) is 14.1. The number of aromatic nitrogens is 2. The number of hydrogen-bond acceptors (Lipinski definition) is 10. The first-order valence-electron chi connectivity index (χ1n) is 13.3. The number of Topliss-reactive ketones (excluding diaryl/α,β-unsaturated/α-hetero) is 2. The fourth-order valence-electron chi connectivity index (χ4n) is 4.74. The summed E-state index contributed by atoms with van der Waals surface area (Å²) >= 11 is 1.15. The average Bonchev–Trinajstić information content (AvgIpc) is 3.50. The van der Waals surface area contributed by atoms with Crippen LogP contribution in [0.2, 0.25) is 0 Å². The number of carbonyl (C=O) groups is 3. The minimum absolute atomic E-state index is 0.0710. The number of aromatic carboxylic acids is 1. The number of hydrogen-bond donors (Lipinski definition) is 4. The van der Waals surface area contributed by atoms with E-state index in [-0.39, 0.29) is 27.3 Å². The van der Waals surface area contributed by atoms with E-state index in [0.29, 0.717) is 37.3 Å². The maximum Gasteiger partial charge on any atom is 0.335 e. The standard InChI is InChI=1S/C27H16N2O7S2.2C2H7N/c1-12-2-7-20-24(25(12)38(34,35)36)37-26(29-20)14-5-8-18-13(10-14)4-9-19(28-18)21-22(30)16-6-3-15(27(32)33)11-17(16)23(21)31;2*1-3-2/h2-11,21H,1H3,(H,32,33)(H,34,35,36);2*3H,1-2H3. The highest BCUT2D eigenvalue weighted by molar-refractivity contribution is 7.86. The number of aryl methyl sites for hydroxylation is 1. The number of fused-ring (bicyclic) bond motifs is 3. The molecule has 0 fully saturated rings. The van der Waals surface area contributed by atoms with Gasteiger partial charge < -0.3 is 15.7 Å². The molecule has 0 amide bonds. The Morgan fingerprint density at radius 2 is 1.48 bits per heavy atom. The third-order valence-electron chi connectivity index (χ3n) is 6.54. The van der Waals surface area contributed by atoms with Gasteiger partial charge in [-0.2, -0.15) is 8.42 Å². The third kappa shape index (κ3) is 6.27. The number of carboxylic acid groups (broad SMARTS) is 1. The summed E-state index contributed by atoms with van der Waals surface area (Å²) in [4.78, 5) is 46.3. The molecule has 228 valence electrons. The first-order chi connectivity index (χ1) is 20.9. The number of thiazole rings is 1. The molecule has 0 radical (unpaired) electrons. The second kappa shape index (κ2) is 13.1. The summed E-state index contributed by atoms with van der Waals surface area (Å²) < 4.78 is 34.0. The van der Waals surface area contributed by atoms with E-state index < -0.39 is 33.6 Å². The Morgan fingerprint density at radius 3 is 2.11 bits per heavy atom. The lowest BCUT2D eigenvalue weighted by atomic mass is 9.98. The summed E-state index contributed by atoms with van der Waals surface area (Å²) in [5.41, 5.74) is 2.55. The van der Waals surface area contributed by atoms with Crippen LogP contribution in [-0.4, -0.2) is 73.8 Å². The van der Waals surface area contributed by atoms with Gasteiger partial charge in [0.15, 0.2) is 11.6 Å². The molecule has 2 heterocycles. The number of ketones is 2. The predicted molar refractivity (Wildman–Crippen MR) is 170 cm³/mol. The molecular weight excluding hydrogens is 604 g/mol. The second-order valence-electron chi connectivity index (χ2n) is 9.92. The van der Waals surface area contributed by atoms with Crippen LogP contribution in [-0.2, 0) is 10.1 Å². The molecule has 0 saturated heterocycles. The van der Waals surface area contributed by atoms with Crippen molar-refractivity contribution in [2.24, 2.45) is 0 Å². The van der Waals surface area contributed by atoms with Gasteiger partial charge in [0.2, 0.25) is 0 Å². The molecule has 0 spiro atoms. The second-order valence-corrected chi connectivity index (χ2v) is 12.3. The van der Waals surface area contributed by atoms with E-state index in [1.165, 1.54) is 18.2 Å². The van der Waals surface area contributed by atoms with E-state index in [9.17, 15) is 32.5 Å². The van der Waals surface area contributed by atoms with E-state index in [4.69, 9.17) is 0 Å². The van der Waals surface area contributed by atoms with E-state index in [1.54, 1.807) is 43.3 Å². The Kier molecular flexibility index (Phi) is 9.66. The van der Waals surface area contributed by atoms with Crippen LogP contribution < -0.4 is 10.6 Å². The van der Waals surface area contributed by atoms with Crippen molar-refractivity contribution in [3.8, 4) is 10.6 Å². The molecular formula is C31H30N4O7S2. The maximum atomic E-state index is 13.0. The van der Waals surface area contributed by atoms with Crippen LogP contribution in [0.25, 0.3) is 31.7 Å². The van der Waals surface area contributed by atoms with Crippen LogP contribution in [0.15, 0.2) is 65.6 Å². The van der Waals surface area contributed by atoms with E-state index >= 15 is 0 Å². The minimum atomic E-state index is -4.44. The highest BCUT2D eigenvalue weighted by atomic mass is 32.2. The zero-order valence-electron chi connectivity index (χ0n) is 24.5. The highest BCUT2D eigenvalue weighted by Gasteiger charge is 2.41. The average molecular weight is 635 g/mol. The molecule has 4 N–H and O–H groups in total. The zero-order chi connectivity index (χ0) is 32.3. The van der Waals surface area contributed by atoms with Crippen LogP contribution in [0.1, 0.15) is 48.2 Å². The number of pyridine rings is 1. The molecule has 1 aliphatic rings. The number of carbonyl (C=O) groups excluding carboxylic acids is 2. The summed E-state index contributed by atoms with van der Waals surface area (Å²) in [6.45, 7) is 1.60. The van der Waals surface area contributed by atoms with Gasteiger partial charge in [-0.25, -0.2) is 9.78 Å². The summed E-state index contributed by atoms with van der Waals surface area (Å²) in [7, 11) is 3.06. The number of nitrogens with zero attached hydrogens (tertiary/aromatic N) is 2. The van der Waals surface area contributed by atoms with Gasteiger partial charge in [-0.1, -0.05) is 12.1 Å². The van der Waals surface area contributed by atoms with Gasteiger partial charge in [-0.05, 0) is 89.2 Å². The lowest BCUT2D eigenvalue weighted by Crippen LogP contribution is -2.14. The van der Waals surface area contributed by atoms with E-state index in [1.807, 2.05) is 34.3 Å². The SMILES string of the molecule is CNC.CNC.Cc1ccc2nc(-c3ccc4nc(C5C(=O)c6ccc(C(=O)O)cc6C5=O)ccc4c3)sc2c1S(=O)(=O)O. The third-order valence-corrected chi connectivity index (χ3v) is 8.85. The molecule has 0 aliphatic heterocycles. The van der Waals surface area contributed by atoms with Crippen molar-refractivity contribution in [3.05, 3.63) is 88.6 Å². The van der Waals surface area contributed by atoms with Crippen molar-refractivity contribution in [1.82, 2.24) is 20.6 Å². The molecule has 3 aromatic carbocycles. The molecule has 5 aromatic rings. The maximum absolute atomic E-state index is 13.0. The van der Waals surface area contributed by atoms with E-state index in [2.05, 4.69) is 20.6 Å². The fraction of sp³-hybridized carbons (Fsp3) is 0.194. The molecule has 11 nitrogen and oxygen atoms in total. The Morgan fingerprint density at radius 1 is 0.841 bits per heavy atom. The van der Waals surface area contributed by atoms with Gasteiger partial charge in [-0.15, -0.1) is 11.3 Å². The summed E-state index contributed by atoms with van der Waals surface area (Å²) in [6.07, 6.45) is 0. The van der Waals surface area contributed by atoms with Gasteiger partial charge in [0, 0.05) is 22.1 Å². The first kappa shape index (κ1) is 32.5. The molecule has 1 unspecified atom stereocenters. The predicted octanol–water partition coefficient (Wildman–Crippen LogP) is 4.60. The van der Waals surface area contributed by atoms with Gasteiger partial charge in [0.25, 0.3) is 10.1 Å². The number of nitrogens with one attached hydrogen (secondary N) is 2. The monoisotopic (exact) mass is 634 g/mol. The smallest absolute Gasteiger partial charge is 0.335 e. The van der Waals surface area contributed by atoms with Crippen molar-refractivity contribution < 1.29 is 32.5 Å². The van der Waals surface area contributed by atoms with Crippen LogP contribution in [0.4, 0.5) is 0 Å². The molecule has 44 heavy (non-hydrogen) atoms. The van der Waals surface area contributed by atoms with Crippen molar-refractivity contribution in [2.75, 3.05) is 28.2 Å². The minimum Gasteiger partial charge on any atom is -0.478 e. The Bertz CT molecular complexity index is 2040. The zero-order valence-corrected chi connectivity index (χ0v) is 26.1. The Balaban J connectivity index is 0.000000683. The Hall–Kier alpha value is -4.40. The molecule has 1 aliphatic carbocycles. The largest absolute Gasteiger partial charge is 0.478 e. The fourth-order valence-corrected chi connectivity index (χ4v) is 7.05. The summed E-state index contributed by atoms with van der Waals surface area (Å²) in [6, 6.07) is 15.8. The number of benzene rings is 3. The molecule has 0 bridgehead atoms. The van der Waals surface area contributed by atoms with Crippen LogP contribution in [0, 0.1) is 6.92 Å². The van der Waals surface area contributed by atoms with Crippen LogP contribution >= 0.6 is 11.3 Å². The van der Waals surface area contributed by atoms with Crippen molar-refractivity contribution in [1.29, 1.82) is 0 Å².